The summed E-state index contributed by atoms with van der Waals surface area (Å²) in [4.78, 5) is 9.83. The Morgan fingerprint density at radius 1 is 1.26 bits per heavy atom. The first-order valence-corrected chi connectivity index (χ1v) is 7.25. The molecule has 1 heterocycles. The molecule has 1 aliphatic heterocycles. The molecular weight excluding hydrogens is 294 g/mol. The van der Waals surface area contributed by atoms with Gasteiger partial charge in [0.25, 0.3) is 0 Å². The third-order valence-corrected chi connectivity index (χ3v) is 2.99. The summed E-state index contributed by atoms with van der Waals surface area (Å²) in [6.07, 6.45) is 4.00. The monoisotopic (exact) mass is 319 g/mol. The zero-order chi connectivity index (χ0) is 17.2. The van der Waals surface area contributed by atoms with Crippen molar-refractivity contribution in [2.75, 3.05) is 20.9 Å². The normalized spacial score (nSPS) is 12.6. The van der Waals surface area contributed by atoms with Crippen LogP contribution in [0.25, 0.3) is 0 Å². The van der Waals surface area contributed by atoms with Gasteiger partial charge in [-0.15, -0.1) is 0 Å². The molecule has 0 saturated carbocycles. The van der Waals surface area contributed by atoms with Gasteiger partial charge in [0.2, 0.25) is 12.8 Å². The molecule has 0 aromatic heterocycles. The zero-order valence-electron chi connectivity index (χ0n) is 14.1. The van der Waals surface area contributed by atoms with Gasteiger partial charge < -0.3 is 25.8 Å². The van der Waals surface area contributed by atoms with Crippen molar-refractivity contribution in [1.82, 2.24) is 4.90 Å². The fourth-order valence-electron chi connectivity index (χ4n) is 1.86. The van der Waals surface area contributed by atoms with Crippen LogP contribution in [0.3, 0.4) is 0 Å². The quantitative estimate of drug-likeness (QED) is 0.491. The van der Waals surface area contributed by atoms with E-state index in [0.29, 0.717) is 12.5 Å². The van der Waals surface area contributed by atoms with Crippen LogP contribution in [-0.2, 0) is 6.54 Å². The van der Waals surface area contributed by atoms with E-state index >= 15 is 0 Å². The number of nitrogens with zero attached hydrogens (tertiary/aromatic N) is 3. The summed E-state index contributed by atoms with van der Waals surface area (Å²) in [6.45, 7) is 4.81. The highest BCUT2D eigenvalue weighted by molar-refractivity contribution is 5.93. The molecule has 1 aromatic carbocycles. The lowest BCUT2D eigenvalue weighted by Gasteiger charge is -2.18. The van der Waals surface area contributed by atoms with Gasteiger partial charge in [-0.05, 0) is 19.9 Å². The van der Waals surface area contributed by atoms with Gasteiger partial charge in [0.1, 0.15) is 0 Å². The summed E-state index contributed by atoms with van der Waals surface area (Å²) in [5.74, 6) is 1.94. The Balaban J connectivity index is 0.000000593. The molecule has 0 amide bonds. The average Bonchev–Trinajstić information content (AvgIpc) is 3.02. The molecule has 4 N–H and O–H groups in total. The van der Waals surface area contributed by atoms with Crippen molar-refractivity contribution in [2.24, 2.45) is 21.5 Å². The van der Waals surface area contributed by atoms with Crippen LogP contribution in [0.4, 0.5) is 0 Å². The Bertz CT molecular complexity index is 588. The molecule has 23 heavy (non-hydrogen) atoms. The lowest BCUT2D eigenvalue weighted by molar-refractivity contribution is 0.173. The van der Waals surface area contributed by atoms with Crippen LogP contribution in [0.15, 0.2) is 40.3 Å². The van der Waals surface area contributed by atoms with Crippen molar-refractivity contribution in [3.8, 4) is 11.5 Å². The Labute approximate surface area is 137 Å². The highest BCUT2D eigenvalue weighted by Gasteiger charge is 2.18. The lowest BCUT2D eigenvalue weighted by atomic mass is 10.2. The Morgan fingerprint density at radius 2 is 1.96 bits per heavy atom. The molecule has 2 rings (SSSR count). The second-order valence-electron chi connectivity index (χ2n) is 4.73. The predicted octanol–water partition coefficient (Wildman–Crippen LogP) is 1.69. The van der Waals surface area contributed by atoms with Gasteiger partial charge in [0, 0.05) is 26.2 Å². The van der Waals surface area contributed by atoms with Crippen molar-refractivity contribution in [1.29, 1.82) is 0 Å². The lowest BCUT2D eigenvalue weighted by Crippen LogP contribution is -2.31. The number of hydrogen-bond donors (Lipinski definition) is 2. The summed E-state index contributed by atoms with van der Waals surface area (Å²) < 4.78 is 10.8. The van der Waals surface area contributed by atoms with Gasteiger partial charge in [-0.25, -0.2) is 0 Å². The highest BCUT2D eigenvalue weighted by Crippen LogP contribution is 2.35. The molecule has 1 aromatic rings. The van der Waals surface area contributed by atoms with Crippen LogP contribution in [0.2, 0.25) is 0 Å². The minimum Gasteiger partial charge on any atom is -0.454 e. The summed E-state index contributed by atoms with van der Waals surface area (Å²) in [5, 5.41) is 0. The summed E-state index contributed by atoms with van der Waals surface area (Å²) in [6, 6.07) is 5.75. The van der Waals surface area contributed by atoms with Crippen molar-refractivity contribution in [2.45, 2.75) is 20.4 Å². The maximum atomic E-state index is 5.45. The van der Waals surface area contributed by atoms with E-state index in [-0.39, 0.29) is 12.8 Å². The molecule has 7 nitrogen and oxygen atoms in total. The average molecular weight is 319 g/mol. The van der Waals surface area contributed by atoms with Crippen molar-refractivity contribution in [3.05, 3.63) is 35.9 Å². The number of aliphatic imine (C=N–C) groups is 2. The highest BCUT2D eigenvalue weighted by atomic mass is 16.7. The van der Waals surface area contributed by atoms with Gasteiger partial charge in [-0.2, -0.15) is 4.99 Å². The third-order valence-electron chi connectivity index (χ3n) is 2.99. The van der Waals surface area contributed by atoms with Gasteiger partial charge in [0.15, 0.2) is 17.5 Å². The Kier molecular flexibility index (Phi) is 7.45. The number of allylic oxidation sites excluding steroid dienone is 2. The van der Waals surface area contributed by atoms with E-state index in [1.54, 1.807) is 7.05 Å². The number of benzene rings is 1. The molecule has 0 atom stereocenters. The van der Waals surface area contributed by atoms with Gasteiger partial charge in [0.05, 0.1) is 0 Å². The van der Waals surface area contributed by atoms with Crippen LogP contribution < -0.4 is 20.9 Å². The molecule has 0 aliphatic carbocycles. The molecule has 0 fully saturated rings. The summed E-state index contributed by atoms with van der Waals surface area (Å²) in [5.41, 5.74) is 11.7. The largest absolute Gasteiger partial charge is 0.454 e. The fraction of sp³-hybridized carbons (Fsp3) is 0.375. The second kappa shape index (κ2) is 9.34. The maximum Gasteiger partial charge on any atom is 0.231 e. The number of rotatable bonds is 2. The predicted molar refractivity (Wildman–Crippen MR) is 93.7 cm³/mol. The van der Waals surface area contributed by atoms with Crippen molar-refractivity contribution in [3.63, 3.8) is 0 Å². The summed E-state index contributed by atoms with van der Waals surface area (Å²) in [7, 11) is 3.48. The number of nitrogens with two attached hydrogens (primary N) is 2. The van der Waals surface area contributed by atoms with E-state index in [2.05, 4.69) is 9.98 Å². The number of fused-ring (bicyclic) bond motifs is 1. The smallest absolute Gasteiger partial charge is 0.231 e. The van der Waals surface area contributed by atoms with Crippen molar-refractivity contribution < 1.29 is 9.47 Å². The summed E-state index contributed by atoms with van der Waals surface area (Å²) >= 11 is 0. The molecule has 126 valence electrons. The molecule has 0 radical (unpaired) electrons. The third kappa shape index (κ3) is 5.54. The van der Waals surface area contributed by atoms with Crippen LogP contribution in [0.1, 0.15) is 19.4 Å². The molecular formula is C16H25N5O2. The SMILES string of the molecule is C/C=C\C.CN=C(N=C(N)N)N(C)Cc1cccc2c1OCO2. The van der Waals surface area contributed by atoms with Crippen LogP contribution in [0.5, 0.6) is 11.5 Å². The number of para-hydroxylation sites is 1. The van der Waals surface area contributed by atoms with Crippen LogP contribution in [-0.4, -0.2) is 37.7 Å². The minimum absolute atomic E-state index is 0.0228. The first-order valence-electron chi connectivity index (χ1n) is 7.25. The molecule has 0 bridgehead atoms. The number of guanidine groups is 2. The number of ether oxygens (including phenoxy) is 2. The van der Waals surface area contributed by atoms with E-state index in [9.17, 15) is 0 Å². The topological polar surface area (TPSA) is 98.5 Å². The van der Waals surface area contributed by atoms with Gasteiger partial charge >= 0.3 is 0 Å². The fourth-order valence-corrected chi connectivity index (χ4v) is 1.86. The van der Waals surface area contributed by atoms with E-state index in [4.69, 9.17) is 20.9 Å². The maximum absolute atomic E-state index is 5.45. The van der Waals surface area contributed by atoms with Crippen LogP contribution >= 0.6 is 0 Å². The van der Waals surface area contributed by atoms with Gasteiger partial charge in [-0.3, -0.25) is 4.99 Å². The molecule has 0 unspecified atom stereocenters. The second-order valence-corrected chi connectivity index (χ2v) is 4.73. The van der Waals surface area contributed by atoms with E-state index in [1.807, 2.05) is 56.1 Å². The molecule has 1 aliphatic rings. The number of hydrogen-bond acceptors (Lipinski definition) is 3. The molecule has 0 saturated heterocycles. The van der Waals surface area contributed by atoms with E-state index < -0.39 is 0 Å². The van der Waals surface area contributed by atoms with E-state index in [0.717, 1.165) is 17.1 Å². The van der Waals surface area contributed by atoms with E-state index in [1.165, 1.54) is 0 Å². The zero-order valence-corrected chi connectivity index (χ0v) is 14.1. The van der Waals surface area contributed by atoms with Crippen molar-refractivity contribution >= 4 is 11.9 Å². The Morgan fingerprint density at radius 3 is 2.52 bits per heavy atom. The van der Waals surface area contributed by atoms with Gasteiger partial charge in [-0.1, -0.05) is 24.3 Å². The minimum atomic E-state index is -0.0228. The van der Waals surface area contributed by atoms with Crippen LogP contribution in [0, 0.1) is 0 Å². The first kappa shape index (κ1) is 18.3. The Hall–Kier alpha value is -2.70. The molecule has 7 heteroatoms. The molecule has 0 spiro atoms. The standard InChI is InChI=1S/C12H17N5O2.C4H8/c1-15-12(16-11(13)14)17(2)6-8-4-3-5-9-10(8)19-7-18-9;1-3-4-2/h3-5H,6-7H2,1-2H3,(H4,13,14,15,16);3-4H,1-2H3/b;4-3-. The first-order chi connectivity index (χ1) is 11.0.